The standard InChI is InChI=1S/C19H17ClN2O2/c1-12(23)21-11-13-6-7-14(17(20)8-13)9-16-10-15-4-2-3-5-18(15)22-19(16)24/h2-8,10H,9,11H2,1H3,(H,21,23)(H,22,24). The third-order valence-corrected chi connectivity index (χ3v) is 4.22. The topological polar surface area (TPSA) is 62.0 Å². The number of para-hydroxylation sites is 1. The first-order chi connectivity index (χ1) is 11.5. The smallest absolute Gasteiger partial charge is 0.251 e. The van der Waals surface area contributed by atoms with Crippen LogP contribution in [0, 0.1) is 0 Å². The van der Waals surface area contributed by atoms with Crippen molar-refractivity contribution < 1.29 is 4.79 Å². The van der Waals surface area contributed by atoms with Crippen LogP contribution in [0.3, 0.4) is 0 Å². The van der Waals surface area contributed by atoms with Crippen molar-refractivity contribution in [2.24, 2.45) is 0 Å². The van der Waals surface area contributed by atoms with E-state index in [-0.39, 0.29) is 11.5 Å². The Bertz CT molecular complexity index is 963. The summed E-state index contributed by atoms with van der Waals surface area (Å²) in [5.74, 6) is -0.0853. The maximum atomic E-state index is 12.2. The van der Waals surface area contributed by atoms with Crippen LogP contribution in [0.1, 0.15) is 23.6 Å². The van der Waals surface area contributed by atoms with Gasteiger partial charge in [0.1, 0.15) is 0 Å². The highest BCUT2D eigenvalue weighted by molar-refractivity contribution is 6.31. The van der Waals surface area contributed by atoms with Crippen LogP contribution in [0.5, 0.6) is 0 Å². The van der Waals surface area contributed by atoms with Crippen LogP contribution >= 0.6 is 11.6 Å². The van der Waals surface area contributed by atoms with Crippen molar-refractivity contribution >= 4 is 28.4 Å². The van der Waals surface area contributed by atoms with E-state index >= 15 is 0 Å². The average Bonchev–Trinajstić information content (AvgIpc) is 2.55. The second-order valence-corrected chi connectivity index (χ2v) is 6.13. The number of amides is 1. The average molecular weight is 341 g/mol. The summed E-state index contributed by atoms with van der Waals surface area (Å²) in [5, 5.41) is 4.31. The zero-order valence-corrected chi connectivity index (χ0v) is 14.0. The molecule has 1 amide bonds. The summed E-state index contributed by atoms with van der Waals surface area (Å²) in [7, 11) is 0. The van der Waals surface area contributed by atoms with Gasteiger partial charge in [0.05, 0.1) is 0 Å². The summed E-state index contributed by atoms with van der Waals surface area (Å²) < 4.78 is 0. The maximum Gasteiger partial charge on any atom is 0.251 e. The van der Waals surface area contributed by atoms with Crippen LogP contribution < -0.4 is 10.9 Å². The lowest BCUT2D eigenvalue weighted by molar-refractivity contribution is -0.119. The lowest BCUT2D eigenvalue weighted by Crippen LogP contribution is -2.18. The molecular weight excluding hydrogens is 324 g/mol. The highest BCUT2D eigenvalue weighted by atomic mass is 35.5. The largest absolute Gasteiger partial charge is 0.352 e. The Kier molecular flexibility index (Phi) is 4.67. The van der Waals surface area contributed by atoms with Gasteiger partial charge in [-0.25, -0.2) is 0 Å². The van der Waals surface area contributed by atoms with Gasteiger partial charge in [-0.2, -0.15) is 0 Å². The van der Waals surface area contributed by atoms with Gasteiger partial charge < -0.3 is 10.3 Å². The quantitative estimate of drug-likeness (QED) is 0.764. The zero-order valence-electron chi connectivity index (χ0n) is 13.2. The van der Waals surface area contributed by atoms with Crippen molar-refractivity contribution in [3.8, 4) is 0 Å². The molecule has 0 unspecified atom stereocenters. The minimum absolute atomic E-state index is 0.0853. The first kappa shape index (κ1) is 16.3. The van der Waals surface area contributed by atoms with Crippen LogP contribution in [0.4, 0.5) is 0 Å². The number of aromatic amines is 1. The molecule has 122 valence electrons. The summed E-state index contributed by atoms with van der Waals surface area (Å²) in [6, 6.07) is 15.2. The Morgan fingerprint density at radius 1 is 1.12 bits per heavy atom. The van der Waals surface area contributed by atoms with E-state index in [1.165, 1.54) is 6.92 Å². The number of fused-ring (bicyclic) bond motifs is 1. The van der Waals surface area contributed by atoms with Gasteiger partial charge in [-0.05, 0) is 34.7 Å². The number of carbonyl (C=O) groups is 1. The zero-order chi connectivity index (χ0) is 17.1. The molecule has 3 rings (SSSR count). The molecule has 0 aliphatic carbocycles. The summed E-state index contributed by atoms with van der Waals surface area (Å²) in [4.78, 5) is 26.1. The molecule has 0 radical (unpaired) electrons. The van der Waals surface area contributed by atoms with Crippen molar-refractivity contribution in [3.05, 3.63) is 80.6 Å². The van der Waals surface area contributed by atoms with E-state index in [0.717, 1.165) is 22.0 Å². The molecule has 1 heterocycles. The summed E-state index contributed by atoms with van der Waals surface area (Å²) in [6.45, 7) is 1.91. The minimum Gasteiger partial charge on any atom is -0.352 e. The molecule has 4 nitrogen and oxygen atoms in total. The monoisotopic (exact) mass is 340 g/mol. The lowest BCUT2D eigenvalue weighted by Gasteiger charge is -2.08. The van der Waals surface area contributed by atoms with Crippen LogP contribution in [0.2, 0.25) is 5.02 Å². The third kappa shape index (κ3) is 3.66. The van der Waals surface area contributed by atoms with Crippen molar-refractivity contribution in [2.75, 3.05) is 0 Å². The van der Waals surface area contributed by atoms with Gasteiger partial charge in [-0.15, -0.1) is 0 Å². The molecule has 1 aromatic heterocycles. The van der Waals surface area contributed by atoms with E-state index < -0.39 is 0 Å². The first-order valence-electron chi connectivity index (χ1n) is 7.65. The molecule has 0 atom stereocenters. The molecule has 0 saturated carbocycles. The Balaban J connectivity index is 1.87. The Morgan fingerprint density at radius 3 is 2.67 bits per heavy atom. The van der Waals surface area contributed by atoms with Gasteiger partial charge in [-0.3, -0.25) is 9.59 Å². The fraction of sp³-hybridized carbons (Fsp3) is 0.158. The molecule has 0 aliphatic rings. The molecule has 0 aliphatic heterocycles. The summed E-state index contributed by atoms with van der Waals surface area (Å²) in [6.07, 6.45) is 0.458. The van der Waals surface area contributed by atoms with Gasteiger partial charge in [0, 0.05) is 36.0 Å². The second kappa shape index (κ2) is 6.89. The second-order valence-electron chi connectivity index (χ2n) is 5.72. The van der Waals surface area contributed by atoms with E-state index in [9.17, 15) is 9.59 Å². The SMILES string of the molecule is CC(=O)NCc1ccc(Cc2cc3ccccc3[nH]c2=O)c(Cl)c1. The molecule has 24 heavy (non-hydrogen) atoms. The summed E-state index contributed by atoms with van der Waals surface area (Å²) in [5.41, 5.74) is 3.19. The molecular formula is C19H17ClN2O2. The first-order valence-corrected chi connectivity index (χ1v) is 8.03. The Morgan fingerprint density at radius 2 is 1.92 bits per heavy atom. The predicted molar refractivity (Wildman–Crippen MR) is 96.3 cm³/mol. The highest BCUT2D eigenvalue weighted by Crippen LogP contribution is 2.21. The fourth-order valence-corrected chi connectivity index (χ4v) is 2.87. The number of pyridine rings is 1. The van der Waals surface area contributed by atoms with Gasteiger partial charge in [0.25, 0.3) is 5.56 Å². The number of benzene rings is 2. The van der Waals surface area contributed by atoms with Crippen LogP contribution in [-0.4, -0.2) is 10.9 Å². The molecule has 0 bridgehead atoms. The molecule has 5 heteroatoms. The van der Waals surface area contributed by atoms with Gasteiger partial charge >= 0.3 is 0 Å². The number of nitrogens with one attached hydrogen (secondary N) is 2. The van der Waals surface area contributed by atoms with Crippen LogP contribution in [0.25, 0.3) is 10.9 Å². The number of rotatable bonds is 4. The van der Waals surface area contributed by atoms with Gasteiger partial charge in [-0.1, -0.05) is 41.9 Å². The van der Waals surface area contributed by atoms with Gasteiger partial charge in [0.15, 0.2) is 0 Å². The van der Waals surface area contributed by atoms with Crippen molar-refractivity contribution in [2.45, 2.75) is 19.9 Å². The van der Waals surface area contributed by atoms with Crippen molar-refractivity contribution in [3.63, 3.8) is 0 Å². The van der Waals surface area contributed by atoms with Gasteiger partial charge in [0.2, 0.25) is 5.91 Å². The van der Waals surface area contributed by atoms with Crippen LogP contribution in [-0.2, 0) is 17.8 Å². The number of hydrogen-bond acceptors (Lipinski definition) is 2. The van der Waals surface area contributed by atoms with Crippen LogP contribution in [0.15, 0.2) is 53.3 Å². The number of hydrogen-bond donors (Lipinski definition) is 2. The normalized spacial score (nSPS) is 10.8. The van der Waals surface area contributed by atoms with E-state index in [1.807, 2.05) is 48.5 Å². The number of halogens is 1. The lowest BCUT2D eigenvalue weighted by atomic mass is 10.0. The molecule has 2 aromatic carbocycles. The third-order valence-electron chi connectivity index (χ3n) is 3.87. The minimum atomic E-state index is -0.105. The summed E-state index contributed by atoms with van der Waals surface area (Å²) >= 11 is 6.34. The molecule has 0 spiro atoms. The van der Waals surface area contributed by atoms with Crippen molar-refractivity contribution in [1.29, 1.82) is 0 Å². The van der Waals surface area contributed by atoms with E-state index in [4.69, 9.17) is 11.6 Å². The Hall–Kier alpha value is -2.59. The number of carbonyl (C=O) groups excluding carboxylic acids is 1. The fourth-order valence-electron chi connectivity index (χ4n) is 2.60. The number of H-pyrrole nitrogens is 1. The molecule has 3 aromatic rings. The highest BCUT2D eigenvalue weighted by Gasteiger charge is 2.08. The number of aromatic nitrogens is 1. The maximum absolute atomic E-state index is 12.2. The molecule has 0 saturated heterocycles. The van der Waals surface area contributed by atoms with Crippen molar-refractivity contribution in [1.82, 2.24) is 10.3 Å². The molecule has 2 N–H and O–H groups in total. The predicted octanol–water partition coefficient (Wildman–Crippen LogP) is 3.41. The van der Waals surface area contributed by atoms with E-state index in [1.54, 1.807) is 0 Å². The molecule has 0 fully saturated rings. The Labute approximate surface area is 144 Å². The van der Waals surface area contributed by atoms with E-state index in [2.05, 4.69) is 10.3 Å². The van der Waals surface area contributed by atoms with E-state index in [0.29, 0.717) is 23.6 Å².